The molecule has 0 heteroatoms. The van der Waals surface area contributed by atoms with Gasteiger partial charge in [-0.1, -0.05) is 23.8 Å². The van der Waals surface area contributed by atoms with Gasteiger partial charge in [-0.15, -0.1) is 19.7 Å². The van der Waals surface area contributed by atoms with Crippen LogP contribution >= 0.6 is 0 Å². The van der Waals surface area contributed by atoms with E-state index in [0.717, 1.165) is 5.92 Å². The molecule has 0 aromatic carbocycles. The van der Waals surface area contributed by atoms with Gasteiger partial charge in [-0.05, 0) is 44.6 Å². The van der Waals surface area contributed by atoms with Gasteiger partial charge in [0.05, 0.1) is 0 Å². The van der Waals surface area contributed by atoms with E-state index in [1.165, 1.54) is 19.3 Å². The minimum atomic E-state index is 0.921. The van der Waals surface area contributed by atoms with Crippen molar-refractivity contribution in [3.63, 3.8) is 0 Å². The summed E-state index contributed by atoms with van der Waals surface area (Å²) in [7, 11) is 0. The number of rotatable bonds is 0. The SMILES string of the molecule is C/C=C1\C=C2CCC1C2.C=C.C=CC. The van der Waals surface area contributed by atoms with Crippen molar-refractivity contribution >= 4 is 0 Å². The highest BCUT2D eigenvalue weighted by Gasteiger charge is 2.27. The Balaban J connectivity index is 0.000000294. The lowest BCUT2D eigenvalue weighted by Gasteiger charge is -2.06. The smallest absolute Gasteiger partial charge is 0.0125 e. The largest absolute Gasteiger partial charge is 0.106 e. The average Bonchev–Trinajstić information content (AvgIpc) is 2.83. The Hall–Kier alpha value is -1.04. The maximum atomic E-state index is 3.36. The van der Waals surface area contributed by atoms with Crippen LogP contribution in [0.1, 0.15) is 33.1 Å². The molecule has 0 aliphatic heterocycles. The Morgan fingerprint density at radius 1 is 1.36 bits per heavy atom. The van der Waals surface area contributed by atoms with E-state index < -0.39 is 0 Å². The summed E-state index contributed by atoms with van der Waals surface area (Å²) in [4.78, 5) is 0. The van der Waals surface area contributed by atoms with E-state index >= 15 is 0 Å². The van der Waals surface area contributed by atoms with Crippen LogP contribution < -0.4 is 0 Å². The fourth-order valence-electron chi connectivity index (χ4n) is 1.97. The molecule has 0 N–H and O–H groups in total. The van der Waals surface area contributed by atoms with Crippen LogP contribution in [0, 0.1) is 5.92 Å². The van der Waals surface area contributed by atoms with Crippen LogP contribution in [-0.2, 0) is 0 Å². The Labute approximate surface area is 88.7 Å². The average molecular weight is 190 g/mol. The van der Waals surface area contributed by atoms with Crippen LogP contribution in [-0.4, -0.2) is 0 Å². The van der Waals surface area contributed by atoms with Crippen molar-refractivity contribution in [1.29, 1.82) is 0 Å². The van der Waals surface area contributed by atoms with Gasteiger partial charge >= 0.3 is 0 Å². The zero-order chi connectivity index (χ0) is 11.0. The molecular formula is C14H22. The predicted molar refractivity (Wildman–Crippen MR) is 66.3 cm³/mol. The van der Waals surface area contributed by atoms with E-state index in [4.69, 9.17) is 0 Å². The van der Waals surface area contributed by atoms with Gasteiger partial charge in [0, 0.05) is 0 Å². The molecule has 0 amide bonds. The lowest BCUT2D eigenvalue weighted by Crippen LogP contribution is -1.92. The quantitative estimate of drug-likeness (QED) is 0.487. The first-order valence-electron chi connectivity index (χ1n) is 5.24. The molecular weight excluding hydrogens is 168 g/mol. The van der Waals surface area contributed by atoms with Gasteiger partial charge in [-0.25, -0.2) is 0 Å². The second kappa shape index (κ2) is 7.37. The van der Waals surface area contributed by atoms with E-state index in [1.807, 2.05) is 6.92 Å². The molecule has 0 heterocycles. The Bertz CT molecular complexity index is 230. The fourth-order valence-corrected chi connectivity index (χ4v) is 1.97. The summed E-state index contributed by atoms with van der Waals surface area (Å²) in [6.45, 7) is 13.4. The summed E-state index contributed by atoms with van der Waals surface area (Å²) in [6.07, 6.45) is 10.6. The molecule has 2 aliphatic rings. The second-order valence-electron chi connectivity index (χ2n) is 3.44. The van der Waals surface area contributed by atoms with E-state index in [2.05, 4.69) is 38.8 Å². The van der Waals surface area contributed by atoms with Crippen LogP contribution in [0.3, 0.4) is 0 Å². The van der Waals surface area contributed by atoms with Gasteiger partial charge in [0.1, 0.15) is 0 Å². The zero-order valence-electron chi connectivity index (χ0n) is 9.55. The minimum absolute atomic E-state index is 0.921. The molecule has 1 unspecified atom stereocenters. The number of hydrogen-bond acceptors (Lipinski definition) is 0. The molecule has 1 saturated carbocycles. The summed E-state index contributed by atoms with van der Waals surface area (Å²) < 4.78 is 0. The fraction of sp³-hybridized carbons (Fsp3) is 0.429. The normalized spacial score (nSPS) is 24.3. The third kappa shape index (κ3) is 3.37. The van der Waals surface area contributed by atoms with Crippen molar-refractivity contribution in [3.05, 3.63) is 49.1 Å². The number of fused-ring (bicyclic) bond motifs is 2. The van der Waals surface area contributed by atoms with E-state index in [-0.39, 0.29) is 0 Å². The monoisotopic (exact) mass is 190 g/mol. The van der Waals surface area contributed by atoms with Gasteiger partial charge in [0.2, 0.25) is 0 Å². The number of allylic oxidation sites excluding steroid dienone is 5. The third-order valence-corrected chi connectivity index (χ3v) is 2.50. The highest BCUT2D eigenvalue weighted by atomic mass is 14.3. The molecule has 0 spiro atoms. The van der Waals surface area contributed by atoms with Gasteiger partial charge in [0.15, 0.2) is 0 Å². The molecule has 1 fully saturated rings. The molecule has 0 radical (unpaired) electrons. The third-order valence-electron chi connectivity index (χ3n) is 2.50. The van der Waals surface area contributed by atoms with Crippen molar-refractivity contribution < 1.29 is 0 Å². The Morgan fingerprint density at radius 2 is 1.93 bits per heavy atom. The summed E-state index contributed by atoms with van der Waals surface area (Å²) in [5.41, 5.74) is 3.28. The first-order chi connectivity index (χ1) is 6.81. The lowest BCUT2D eigenvalue weighted by molar-refractivity contribution is 0.671. The molecule has 0 nitrogen and oxygen atoms in total. The molecule has 0 aromatic rings. The van der Waals surface area contributed by atoms with Gasteiger partial charge < -0.3 is 0 Å². The molecule has 78 valence electrons. The topological polar surface area (TPSA) is 0 Å². The lowest BCUT2D eigenvalue weighted by atomic mass is 9.99. The maximum absolute atomic E-state index is 3.36. The summed E-state index contributed by atoms with van der Waals surface area (Å²) >= 11 is 0. The molecule has 2 rings (SSSR count). The molecule has 1 atom stereocenters. The Kier molecular flexibility index (Phi) is 6.82. The van der Waals surface area contributed by atoms with Crippen molar-refractivity contribution in [2.75, 3.05) is 0 Å². The maximum Gasteiger partial charge on any atom is -0.0125 e. The summed E-state index contributed by atoms with van der Waals surface area (Å²) in [5.74, 6) is 0.921. The predicted octanol–water partition coefficient (Wildman–Crippen LogP) is 4.67. The molecule has 14 heavy (non-hydrogen) atoms. The Morgan fingerprint density at radius 3 is 2.14 bits per heavy atom. The van der Waals surface area contributed by atoms with Gasteiger partial charge in [-0.2, -0.15) is 0 Å². The standard InChI is InChI=1S/C9H12.C3H6.C2H4/c1-2-8-5-7-3-4-9(8)6-7;1-3-2;1-2/h2,5,9H,3-4,6H2,1H3;3H,1H2,2H3;1-2H2/b8-2+;;. The van der Waals surface area contributed by atoms with E-state index in [1.54, 1.807) is 17.2 Å². The van der Waals surface area contributed by atoms with Crippen LogP contribution in [0.2, 0.25) is 0 Å². The van der Waals surface area contributed by atoms with Crippen molar-refractivity contribution in [1.82, 2.24) is 0 Å². The van der Waals surface area contributed by atoms with Crippen LogP contribution in [0.25, 0.3) is 0 Å². The van der Waals surface area contributed by atoms with Gasteiger partial charge in [-0.3, -0.25) is 0 Å². The zero-order valence-corrected chi connectivity index (χ0v) is 9.55. The van der Waals surface area contributed by atoms with Crippen LogP contribution in [0.15, 0.2) is 49.1 Å². The van der Waals surface area contributed by atoms with Crippen molar-refractivity contribution in [2.45, 2.75) is 33.1 Å². The summed E-state index contributed by atoms with van der Waals surface area (Å²) in [6, 6.07) is 0. The molecule has 0 aromatic heterocycles. The minimum Gasteiger partial charge on any atom is -0.106 e. The first kappa shape index (κ1) is 13.0. The highest BCUT2D eigenvalue weighted by Crippen LogP contribution is 2.42. The summed E-state index contributed by atoms with van der Waals surface area (Å²) in [5, 5.41) is 0. The molecule has 0 saturated heterocycles. The van der Waals surface area contributed by atoms with Crippen LogP contribution in [0.4, 0.5) is 0 Å². The second-order valence-corrected chi connectivity index (χ2v) is 3.44. The van der Waals surface area contributed by atoms with Gasteiger partial charge in [0.25, 0.3) is 0 Å². The van der Waals surface area contributed by atoms with E-state index in [0.29, 0.717) is 0 Å². The van der Waals surface area contributed by atoms with E-state index in [9.17, 15) is 0 Å². The highest BCUT2D eigenvalue weighted by molar-refractivity contribution is 5.36. The molecule has 2 bridgehead atoms. The van der Waals surface area contributed by atoms with Crippen LogP contribution in [0.5, 0.6) is 0 Å². The molecule has 2 aliphatic carbocycles. The van der Waals surface area contributed by atoms with Crippen molar-refractivity contribution in [3.8, 4) is 0 Å². The van der Waals surface area contributed by atoms with Crippen molar-refractivity contribution in [2.24, 2.45) is 5.92 Å². The first-order valence-corrected chi connectivity index (χ1v) is 5.24. The number of hydrogen-bond donors (Lipinski definition) is 0.